The van der Waals surface area contributed by atoms with E-state index < -0.39 is 0 Å². The summed E-state index contributed by atoms with van der Waals surface area (Å²) in [6, 6.07) is 60.1. The number of para-hydroxylation sites is 4. The first-order valence-corrected chi connectivity index (χ1v) is 16.9. The van der Waals surface area contributed by atoms with E-state index in [-0.39, 0.29) is 0 Å². The van der Waals surface area contributed by atoms with Crippen LogP contribution in [0.4, 0.5) is 17.1 Å². The van der Waals surface area contributed by atoms with Gasteiger partial charge in [-0.2, -0.15) is 0 Å². The second-order valence-electron chi connectivity index (χ2n) is 12.9. The van der Waals surface area contributed by atoms with Gasteiger partial charge in [-0.15, -0.1) is 0 Å². The Hall–Kier alpha value is -6.78. The van der Waals surface area contributed by atoms with E-state index in [0.29, 0.717) is 0 Å². The highest BCUT2D eigenvalue weighted by molar-refractivity contribution is 6.18. The zero-order chi connectivity index (χ0) is 32.8. The number of hydrogen-bond donors (Lipinski definition) is 0. The van der Waals surface area contributed by atoms with Gasteiger partial charge >= 0.3 is 0 Å². The number of aromatic nitrogens is 1. The van der Waals surface area contributed by atoms with Crippen LogP contribution in [0.1, 0.15) is 0 Å². The zero-order valence-corrected chi connectivity index (χ0v) is 26.9. The minimum absolute atomic E-state index is 0.839. The lowest BCUT2D eigenvalue weighted by molar-refractivity contribution is 0.668. The van der Waals surface area contributed by atoms with Crippen molar-refractivity contribution in [2.75, 3.05) is 4.90 Å². The lowest BCUT2D eigenvalue weighted by Gasteiger charge is -2.26. The van der Waals surface area contributed by atoms with E-state index in [1.54, 1.807) is 0 Å². The summed E-state index contributed by atoms with van der Waals surface area (Å²) in [4.78, 5) is 2.35. The van der Waals surface area contributed by atoms with Gasteiger partial charge in [-0.1, -0.05) is 103 Å². The van der Waals surface area contributed by atoms with Crippen LogP contribution in [-0.2, 0) is 0 Å². The van der Waals surface area contributed by atoms with Crippen LogP contribution in [0, 0.1) is 0 Å². The maximum Gasteiger partial charge on any atom is 0.159 e. The van der Waals surface area contributed by atoms with Crippen LogP contribution in [-0.4, -0.2) is 4.57 Å². The van der Waals surface area contributed by atoms with Crippen molar-refractivity contribution in [3.63, 3.8) is 0 Å². The second-order valence-corrected chi connectivity index (χ2v) is 12.9. The smallest absolute Gasteiger partial charge is 0.159 e. The first-order valence-electron chi connectivity index (χ1n) is 16.9. The second kappa shape index (κ2) is 10.4. The molecule has 0 bridgehead atoms. The lowest BCUT2D eigenvalue weighted by atomic mass is 10.0. The third kappa shape index (κ3) is 3.87. The van der Waals surface area contributed by atoms with Gasteiger partial charge in [0.1, 0.15) is 16.7 Å². The monoisotopic (exact) mass is 640 g/mol. The van der Waals surface area contributed by atoms with Gasteiger partial charge in [-0.25, -0.2) is 0 Å². The Balaban J connectivity index is 1.25. The molecule has 3 heterocycles. The van der Waals surface area contributed by atoms with Gasteiger partial charge in [-0.3, -0.25) is 0 Å². The van der Waals surface area contributed by atoms with Crippen LogP contribution in [0.2, 0.25) is 0 Å². The van der Waals surface area contributed by atoms with Gasteiger partial charge in [0, 0.05) is 38.3 Å². The fraction of sp³-hybridized carbons (Fsp3) is 0. The first kappa shape index (κ1) is 27.2. The number of anilines is 3. The number of hydrogen-bond acceptors (Lipinski definition) is 3. The molecule has 11 aromatic rings. The van der Waals surface area contributed by atoms with E-state index in [2.05, 4.69) is 167 Å². The summed E-state index contributed by atoms with van der Waals surface area (Å²) < 4.78 is 15.7. The molecule has 0 amide bonds. The fourth-order valence-electron chi connectivity index (χ4n) is 7.95. The summed E-state index contributed by atoms with van der Waals surface area (Å²) in [5, 5.41) is 9.10. The van der Waals surface area contributed by atoms with Crippen molar-refractivity contribution in [1.82, 2.24) is 4.57 Å². The maximum absolute atomic E-state index is 6.85. The normalized spacial score (nSPS) is 12.0. The summed E-state index contributed by atoms with van der Waals surface area (Å²) in [7, 11) is 0. The molecule has 8 aromatic carbocycles. The van der Waals surface area contributed by atoms with Crippen LogP contribution < -0.4 is 4.90 Å². The first-order chi connectivity index (χ1) is 24.8. The molecule has 0 atom stereocenters. The molecule has 0 aliphatic rings. The maximum atomic E-state index is 6.85. The number of rotatable bonds is 4. The molecule has 4 heteroatoms. The molecule has 0 N–H and O–H groups in total. The molecular weight excluding hydrogens is 613 g/mol. The average molecular weight is 641 g/mol. The highest BCUT2D eigenvalue weighted by atomic mass is 16.3. The molecular formula is C46H28N2O2. The summed E-state index contributed by atoms with van der Waals surface area (Å²) in [5.41, 5.74) is 9.85. The van der Waals surface area contributed by atoms with Gasteiger partial charge in [0.05, 0.1) is 27.8 Å². The Kier molecular flexibility index (Phi) is 5.63. The molecule has 0 aliphatic heterocycles. The number of fused-ring (bicyclic) bond motifs is 10. The predicted octanol–water partition coefficient (Wildman–Crippen LogP) is 13.2. The van der Waals surface area contributed by atoms with Crippen LogP contribution in [0.3, 0.4) is 0 Å². The molecule has 50 heavy (non-hydrogen) atoms. The van der Waals surface area contributed by atoms with Crippen molar-refractivity contribution in [3.8, 4) is 5.69 Å². The van der Waals surface area contributed by atoms with Gasteiger partial charge in [0.25, 0.3) is 0 Å². The fourth-order valence-corrected chi connectivity index (χ4v) is 7.95. The average Bonchev–Trinajstić information content (AvgIpc) is 3.84. The van der Waals surface area contributed by atoms with E-state index in [0.717, 1.165) is 77.5 Å². The van der Waals surface area contributed by atoms with Crippen LogP contribution in [0.25, 0.3) is 82.1 Å². The van der Waals surface area contributed by atoms with Crippen LogP contribution in [0.15, 0.2) is 179 Å². The van der Waals surface area contributed by atoms with E-state index in [1.807, 2.05) is 12.1 Å². The quantitative estimate of drug-likeness (QED) is 0.192. The van der Waals surface area contributed by atoms with E-state index in [1.165, 1.54) is 21.7 Å². The zero-order valence-electron chi connectivity index (χ0n) is 26.9. The summed E-state index contributed by atoms with van der Waals surface area (Å²) in [6.07, 6.45) is 0. The standard InChI is InChI=1S/C46H28N2O2/c1-2-14-31(15-3-1)47-38-19-8-6-16-33(38)34-25-24-32(28-41(34)47)48(39-20-11-23-43-45(39)36-17-7-9-22-42(36)49-43)40-21-10-18-35-37-26-29-12-4-5-13-30(29)27-44(37)50-46(35)40/h1-28H. The molecule has 0 spiro atoms. The Morgan fingerprint density at radius 3 is 1.98 bits per heavy atom. The van der Waals surface area contributed by atoms with Gasteiger partial charge in [-0.05, 0) is 77.5 Å². The molecule has 0 radical (unpaired) electrons. The molecule has 11 rings (SSSR count). The highest BCUT2D eigenvalue weighted by Gasteiger charge is 2.24. The Morgan fingerprint density at radius 2 is 1.08 bits per heavy atom. The van der Waals surface area contributed by atoms with Crippen molar-refractivity contribution in [2.24, 2.45) is 0 Å². The molecule has 0 saturated heterocycles. The SMILES string of the molecule is c1ccc(-n2c3ccccc3c3ccc(N(c4cccc5c4oc4cc6ccccc6cc45)c4cccc5oc6ccccc6c45)cc32)cc1. The molecule has 0 fully saturated rings. The summed E-state index contributed by atoms with van der Waals surface area (Å²) >= 11 is 0. The lowest BCUT2D eigenvalue weighted by Crippen LogP contribution is -2.11. The summed E-state index contributed by atoms with van der Waals surface area (Å²) in [6.45, 7) is 0. The number of nitrogens with zero attached hydrogens (tertiary/aromatic N) is 2. The van der Waals surface area contributed by atoms with Crippen molar-refractivity contribution in [2.45, 2.75) is 0 Å². The van der Waals surface area contributed by atoms with E-state index >= 15 is 0 Å². The van der Waals surface area contributed by atoms with Crippen LogP contribution in [0.5, 0.6) is 0 Å². The number of benzene rings is 8. The number of furan rings is 2. The Bertz CT molecular complexity index is 3110. The van der Waals surface area contributed by atoms with Crippen molar-refractivity contribution >= 4 is 93.5 Å². The predicted molar refractivity (Wildman–Crippen MR) is 208 cm³/mol. The molecule has 4 nitrogen and oxygen atoms in total. The molecule has 0 unspecified atom stereocenters. The van der Waals surface area contributed by atoms with Crippen molar-refractivity contribution in [3.05, 3.63) is 170 Å². The Morgan fingerprint density at radius 1 is 0.400 bits per heavy atom. The topological polar surface area (TPSA) is 34.5 Å². The largest absolute Gasteiger partial charge is 0.456 e. The Labute approximate surface area is 286 Å². The third-order valence-electron chi connectivity index (χ3n) is 10.1. The van der Waals surface area contributed by atoms with E-state index in [4.69, 9.17) is 8.83 Å². The van der Waals surface area contributed by atoms with E-state index in [9.17, 15) is 0 Å². The molecule has 3 aromatic heterocycles. The molecule has 0 aliphatic carbocycles. The van der Waals surface area contributed by atoms with Crippen molar-refractivity contribution < 1.29 is 8.83 Å². The minimum Gasteiger partial charge on any atom is -0.456 e. The minimum atomic E-state index is 0.839. The van der Waals surface area contributed by atoms with Gasteiger partial charge < -0.3 is 18.3 Å². The van der Waals surface area contributed by atoms with Crippen molar-refractivity contribution in [1.29, 1.82) is 0 Å². The molecule has 234 valence electrons. The summed E-state index contributed by atoms with van der Waals surface area (Å²) in [5.74, 6) is 0. The third-order valence-corrected chi connectivity index (χ3v) is 10.1. The van der Waals surface area contributed by atoms with Gasteiger partial charge in [0.2, 0.25) is 0 Å². The van der Waals surface area contributed by atoms with Gasteiger partial charge in [0.15, 0.2) is 5.58 Å². The molecule has 0 saturated carbocycles. The highest BCUT2D eigenvalue weighted by Crippen LogP contribution is 2.47. The van der Waals surface area contributed by atoms with Crippen LogP contribution >= 0.6 is 0 Å².